The molecule has 1 aromatic heterocycles. The molecule has 7 nitrogen and oxygen atoms in total. The van der Waals surface area contributed by atoms with Crippen LogP contribution in [-0.2, 0) is 20.6 Å². The highest BCUT2D eigenvalue weighted by Gasteiger charge is 2.31. The number of ether oxygens (including phenoxy) is 4. The van der Waals surface area contributed by atoms with E-state index >= 15 is 4.39 Å². The first-order chi connectivity index (χ1) is 20.8. The first kappa shape index (κ1) is 31.2. The van der Waals surface area contributed by atoms with Crippen LogP contribution in [0.3, 0.4) is 0 Å². The summed E-state index contributed by atoms with van der Waals surface area (Å²) in [6.07, 6.45) is -3.79. The number of halogens is 4. The largest absolute Gasteiger partial charge is 0.489 e. The average molecular weight is 622 g/mol. The highest BCUT2D eigenvalue weighted by Crippen LogP contribution is 2.39. The molecule has 2 fully saturated rings. The van der Waals surface area contributed by atoms with Crippen molar-refractivity contribution >= 4 is 38.5 Å². The molecule has 0 aliphatic carbocycles. The van der Waals surface area contributed by atoms with Crippen molar-refractivity contribution in [2.75, 3.05) is 81.9 Å². The van der Waals surface area contributed by atoms with E-state index in [-0.39, 0.29) is 24.8 Å². The van der Waals surface area contributed by atoms with Crippen molar-refractivity contribution in [3.63, 3.8) is 0 Å². The van der Waals surface area contributed by atoms with Gasteiger partial charge in [-0.2, -0.15) is 13.2 Å². The molecule has 0 atom stereocenters. The summed E-state index contributed by atoms with van der Waals surface area (Å²) < 4.78 is 78.6. The molecule has 232 valence electrons. The minimum atomic E-state index is -4.39. The van der Waals surface area contributed by atoms with Crippen LogP contribution in [0.2, 0.25) is 0 Å². The number of nitrogens with one attached hydrogen (secondary N) is 2. The summed E-state index contributed by atoms with van der Waals surface area (Å²) in [5.41, 5.74) is 1.78. The number of nitrogens with zero attached hydrogens (tertiary/aromatic N) is 1. The Hall–Kier alpha value is -3.24. The Kier molecular flexibility index (Phi) is 10.5. The number of fused-ring (bicyclic) bond motifs is 1. The Bertz CT molecular complexity index is 1440. The summed E-state index contributed by atoms with van der Waals surface area (Å²) in [7, 11) is 1.56. The number of methoxy groups -OCH3 is 1. The van der Waals surface area contributed by atoms with E-state index in [0.717, 1.165) is 23.2 Å². The minimum Gasteiger partial charge on any atom is -0.489 e. The summed E-state index contributed by atoms with van der Waals surface area (Å²) in [4.78, 5) is 2.26. The standard InChI is InChI=1S/C31H35F4N3O4S/c1-39-16-17-42-28-19-27(38-10-14-41-15-11-38)24(32)18-26(28)36-9-3-6-29-23(20-31(33,34)35)22-4-2-5-25(30(22)43-29)37-21-7-12-40-13-8-21/h2,4-5,18-19,21,36-37H,7-17,20H2,1H3. The molecule has 2 saturated heterocycles. The van der Waals surface area contributed by atoms with Gasteiger partial charge in [-0.25, -0.2) is 4.39 Å². The van der Waals surface area contributed by atoms with E-state index in [1.165, 1.54) is 17.4 Å². The van der Waals surface area contributed by atoms with Crippen molar-refractivity contribution in [3.8, 4) is 17.6 Å². The number of thiophene rings is 1. The first-order valence-corrected chi connectivity index (χ1v) is 15.1. The van der Waals surface area contributed by atoms with Crippen LogP contribution in [0.5, 0.6) is 5.75 Å². The molecule has 0 spiro atoms. The highest BCUT2D eigenvalue weighted by atomic mass is 32.1. The van der Waals surface area contributed by atoms with Gasteiger partial charge in [0.1, 0.15) is 18.2 Å². The van der Waals surface area contributed by atoms with Gasteiger partial charge in [-0.05, 0) is 29.9 Å². The molecule has 0 amide bonds. The maximum absolute atomic E-state index is 15.2. The quantitative estimate of drug-likeness (QED) is 0.162. The van der Waals surface area contributed by atoms with Crippen molar-refractivity contribution in [3.05, 3.63) is 46.6 Å². The molecule has 0 radical (unpaired) electrons. The van der Waals surface area contributed by atoms with Crippen LogP contribution < -0.4 is 20.3 Å². The second-order valence-electron chi connectivity index (χ2n) is 10.3. The van der Waals surface area contributed by atoms with Gasteiger partial charge in [0.05, 0.1) is 59.4 Å². The number of rotatable bonds is 10. The number of morpholine rings is 1. The van der Waals surface area contributed by atoms with Gasteiger partial charge < -0.3 is 34.5 Å². The zero-order valence-electron chi connectivity index (χ0n) is 23.9. The van der Waals surface area contributed by atoms with Gasteiger partial charge in [0.2, 0.25) is 0 Å². The fraction of sp³-hybridized carbons (Fsp3) is 0.484. The number of hydrogen-bond donors (Lipinski definition) is 2. The molecule has 3 heterocycles. The summed E-state index contributed by atoms with van der Waals surface area (Å²) in [6.45, 7) is 4.14. The highest BCUT2D eigenvalue weighted by molar-refractivity contribution is 7.20. The number of anilines is 3. The monoisotopic (exact) mass is 621 g/mol. The van der Waals surface area contributed by atoms with E-state index in [4.69, 9.17) is 18.9 Å². The van der Waals surface area contributed by atoms with Crippen LogP contribution in [0, 0.1) is 17.7 Å². The fourth-order valence-electron chi connectivity index (χ4n) is 5.17. The third kappa shape index (κ3) is 8.23. The molecule has 0 saturated carbocycles. The maximum Gasteiger partial charge on any atom is 0.393 e. The molecule has 43 heavy (non-hydrogen) atoms. The Labute approximate surface area is 252 Å². The lowest BCUT2D eigenvalue weighted by Crippen LogP contribution is -2.36. The maximum atomic E-state index is 15.2. The van der Waals surface area contributed by atoms with Crippen LogP contribution in [0.15, 0.2) is 30.3 Å². The van der Waals surface area contributed by atoms with Gasteiger partial charge in [-0.1, -0.05) is 24.0 Å². The van der Waals surface area contributed by atoms with Crippen molar-refractivity contribution in [2.24, 2.45) is 0 Å². The molecule has 2 aliphatic rings. The van der Waals surface area contributed by atoms with E-state index in [2.05, 4.69) is 22.5 Å². The fourth-order valence-corrected chi connectivity index (χ4v) is 6.34. The van der Waals surface area contributed by atoms with Crippen LogP contribution in [0.1, 0.15) is 23.3 Å². The van der Waals surface area contributed by atoms with Gasteiger partial charge in [-0.3, -0.25) is 0 Å². The number of alkyl halides is 3. The predicted molar refractivity (Wildman–Crippen MR) is 161 cm³/mol. The lowest BCUT2D eigenvalue weighted by atomic mass is 10.1. The molecule has 12 heteroatoms. The second kappa shape index (κ2) is 14.5. The molecule has 2 aliphatic heterocycles. The Morgan fingerprint density at radius 3 is 2.56 bits per heavy atom. The second-order valence-corrected chi connectivity index (χ2v) is 11.3. The molecule has 5 rings (SSSR count). The molecule has 2 N–H and O–H groups in total. The SMILES string of the molecule is COCCOc1cc(N2CCOCC2)c(F)cc1NCC#Cc1sc2c(NC3CCOCC3)cccc2c1CC(F)(F)F. The van der Waals surface area contributed by atoms with Crippen molar-refractivity contribution < 1.29 is 36.5 Å². The van der Waals surface area contributed by atoms with Gasteiger partial charge >= 0.3 is 6.18 Å². The van der Waals surface area contributed by atoms with Gasteiger partial charge in [0, 0.05) is 51.6 Å². The normalized spacial score (nSPS) is 16.2. The Morgan fingerprint density at radius 2 is 1.81 bits per heavy atom. The molecule has 0 bridgehead atoms. The predicted octanol–water partition coefficient (Wildman–Crippen LogP) is 6.06. The van der Waals surface area contributed by atoms with Gasteiger partial charge in [0.15, 0.2) is 0 Å². The van der Waals surface area contributed by atoms with Gasteiger partial charge in [0.25, 0.3) is 0 Å². The summed E-state index contributed by atoms with van der Waals surface area (Å²) in [5.74, 6) is 5.92. The topological polar surface area (TPSA) is 64.2 Å². The summed E-state index contributed by atoms with van der Waals surface area (Å²) in [6, 6.07) is 8.58. The van der Waals surface area contributed by atoms with Gasteiger partial charge in [-0.15, -0.1) is 11.3 Å². The van der Waals surface area contributed by atoms with Crippen molar-refractivity contribution in [1.82, 2.24) is 0 Å². The van der Waals surface area contributed by atoms with E-state index in [1.807, 2.05) is 11.0 Å². The lowest BCUT2D eigenvalue weighted by Gasteiger charge is -2.29. The number of hydrogen-bond acceptors (Lipinski definition) is 8. The Morgan fingerprint density at radius 1 is 1.05 bits per heavy atom. The molecule has 2 aromatic carbocycles. The van der Waals surface area contributed by atoms with Crippen LogP contribution in [0.4, 0.5) is 34.6 Å². The molecular formula is C31H35F4N3O4S. The van der Waals surface area contributed by atoms with E-state index in [1.54, 1.807) is 25.3 Å². The smallest absolute Gasteiger partial charge is 0.393 e. The first-order valence-electron chi connectivity index (χ1n) is 14.3. The van der Waals surface area contributed by atoms with Crippen molar-refractivity contribution in [1.29, 1.82) is 0 Å². The van der Waals surface area contributed by atoms with Crippen LogP contribution in [0.25, 0.3) is 10.1 Å². The Balaban J connectivity index is 1.38. The van der Waals surface area contributed by atoms with Crippen molar-refractivity contribution in [2.45, 2.75) is 31.5 Å². The van der Waals surface area contributed by atoms with E-state index in [9.17, 15) is 13.2 Å². The van der Waals surface area contributed by atoms with Crippen LogP contribution in [-0.4, -0.2) is 78.6 Å². The van der Waals surface area contributed by atoms with Crippen LogP contribution >= 0.6 is 11.3 Å². The van der Waals surface area contributed by atoms with E-state index < -0.39 is 18.4 Å². The third-order valence-electron chi connectivity index (χ3n) is 7.29. The third-order valence-corrected chi connectivity index (χ3v) is 8.49. The summed E-state index contributed by atoms with van der Waals surface area (Å²) in [5, 5.41) is 7.13. The van der Waals surface area contributed by atoms with E-state index in [0.29, 0.717) is 73.5 Å². The molecule has 3 aromatic rings. The lowest BCUT2D eigenvalue weighted by molar-refractivity contribution is -0.126. The average Bonchev–Trinajstić information content (AvgIpc) is 3.34. The zero-order valence-corrected chi connectivity index (χ0v) is 24.8. The summed E-state index contributed by atoms with van der Waals surface area (Å²) >= 11 is 1.25. The zero-order chi connectivity index (χ0) is 30.2. The minimum absolute atomic E-state index is 0.0733. The number of benzene rings is 2. The molecular weight excluding hydrogens is 586 g/mol. The molecule has 0 unspecified atom stereocenters.